The third-order valence-electron chi connectivity index (χ3n) is 4.89. The van der Waals surface area contributed by atoms with Gasteiger partial charge in [0, 0.05) is 31.6 Å². The molecule has 0 spiro atoms. The van der Waals surface area contributed by atoms with E-state index in [1.165, 1.54) is 5.57 Å². The van der Waals surface area contributed by atoms with Crippen LogP contribution in [0.15, 0.2) is 66.2 Å². The molecule has 4 rings (SSSR count). The number of carbonyl (C=O) groups excluding carboxylic acids is 1. The predicted molar refractivity (Wildman–Crippen MR) is 108 cm³/mol. The molecule has 138 valence electrons. The van der Waals surface area contributed by atoms with E-state index < -0.39 is 0 Å². The molecule has 0 bridgehead atoms. The van der Waals surface area contributed by atoms with Crippen molar-refractivity contribution in [2.24, 2.45) is 0 Å². The highest BCUT2D eigenvalue weighted by Crippen LogP contribution is 2.22. The average Bonchev–Trinajstić information content (AvgIpc) is 3.10. The summed E-state index contributed by atoms with van der Waals surface area (Å²) in [7, 11) is 0. The summed E-state index contributed by atoms with van der Waals surface area (Å²) in [6.07, 6.45) is 4.21. The zero-order chi connectivity index (χ0) is 18.5. The van der Waals surface area contributed by atoms with E-state index >= 15 is 0 Å². The number of imidazole rings is 1. The minimum Gasteiger partial charge on any atom is -0.352 e. The summed E-state index contributed by atoms with van der Waals surface area (Å²) in [6.45, 7) is 2.53. The van der Waals surface area contributed by atoms with Crippen LogP contribution >= 0.6 is 0 Å². The summed E-state index contributed by atoms with van der Waals surface area (Å²) in [5.74, 6) is 0.986. The van der Waals surface area contributed by atoms with E-state index in [0.717, 1.165) is 42.1 Å². The number of nitrogens with zero attached hydrogens (tertiary/aromatic N) is 2. The number of hydrogen-bond donors (Lipinski definition) is 2. The number of aromatic nitrogens is 2. The molecule has 0 unspecified atom stereocenters. The fraction of sp³-hybridized carbons (Fsp3) is 0.273. The van der Waals surface area contributed by atoms with Gasteiger partial charge in [-0.15, -0.1) is 0 Å². The molecule has 1 amide bonds. The summed E-state index contributed by atoms with van der Waals surface area (Å²) >= 11 is 0. The highest BCUT2D eigenvalue weighted by atomic mass is 16.1. The summed E-state index contributed by atoms with van der Waals surface area (Å²) in [4.78, 5) is 17.1. The second-order valence-corrected chi connectivity index (χ2v) is 6.78. The van der Waals surface area contributed by atoms with Crippen LogP contribution in [0.25, 0.3) is 16.7 Å². The van der Waals surface area contributed by atoms with Crippen molar-refractivity contribution in [2.75, 3.05) is 19.6 Å². The maximum atomic E-state index is 12.3. The minimum atomic E-state index is 0.0705. The normalized spacial score (nSPS) is 14.1. The summed E-state index contributed by atoms with van der Waals surface area (Å²) in [5, 5.41) is 6.33. The molecule has 27 heavy (non-hydrogen) atoms. The van der Waals surface area contributed by atoms with Crippen molar-refractivity contribution in [3.8, 4) is 5.69 Å². The first kappa shape index (κ1) is 17.5. The largest absolute Gasteiger partial charge is 0.352 e. The molecule has 0 atom stereocenters. The van der Waals surface area contributed by atoms with Gasteiger partial charge in [-0.25, -0.2) is 4.98 Å². The van der Waals surface area contributed by atoms with Crippen LogP contribution in [0.5, 0.6) is 0 Å². The number of aryl methyl sites for hydroxylation is 1. The highest BCUT2D eigenvalue weighted by Gasteiger charge is 2.14. The highest BCUT2D eigenvalue weighted by molar-refractivity contribution is 5.79. The van der Waals surface area contributed by atoms with Crippen LogP contribution in [0.1, 0.15) is 18.7 Å². The molecular formula is C22H24N4O. The van der Waals surface area contributed by atoms with Gasteiger partial charge in [0.05, 0.1) is 11.0 Å². The molecular weight excluding hydrogens is 336 g/mol. The molecule has 1 aliphatic rings. The Kier molecular flexibility index (Phi) is 5.30. The third-order valence-corrected chi connectivity index (χ3v) is 4.89. The van der Waals surface area contributed by atoms with Gasteiger partial charge in [-0.3, -0.25) is 9.36 Å². The Morgan fingerprint density at radius 3 is 2.74 bits per heavy atom. The number of nitrogens with one attached hydrogen (secondary N) is 2. The van der Waals surface area contributed by atoms with Crippen molar-refractivity contribution >= 4 is 16.9 Å². The van der Waals surface area contributed by atoms with Crippen LogP contribution < -0.4 is 10.6 Å². The topological polar surface area (TPSA) is 59.0 Å². The van der Waals surface area contributed by atoms with Gasteiger partial charge >= 0.3 is 0 Å². The zero-order valence-corrected chi connectivity index (χ0v) is 15.3. The lowest BCUT2D eigenvalue weighted by atomic mass is 10.1. The van der Waals surface area contributed by atoms with Gasteiger partial charge in [-0.05, 0) is 37.2 Å². The second kappa shape index (κ2) is 8.18. The SMILES string of the molecule is O=C(CCc1nc2ccccc2n1-c1ccccc1)NCC1=CCNCC1. The first-order chi connectivity index (χ1) is 13.3. The number of carbonyl (C=O) groups is 1. The number of hydrogen-bond acceptors (Lipinski definition) is 3. The standard InChI is InChI=1S/C22H24N4O/c27-22(24-16-17-12-14-23-15-13-17)11-10-21-25-19-8-4-5-9-20(19)26(21)18-6-2-1-3-7-18/h1-9,12,23H,10-11,13-16H2,(H,24,27). The maximum absolute atomic E-state index is 12.3. The molecule has 0 fully saturated rings. The van der Waals surface area contributed by atoms with Gasteiger partial charge in [0.2, 0.25) is 5.91 Å². The summed E-state index contributed by atoms with van der Waals surface area (Å²) in [6, 6.07) is 18.3. The van der Waals surface area contributed by atoms with Gasteiger partial charge in [0.1, 0.15) is 5.82 Å². The van der Waals surface area contributed by atoms with Crippen LogP contribution in [-0.4, -0.2) is 35.1 Å². The Balaban J connectivity index is 1.48. The lowest BCUT2D eigenvalue weighted by Crippen LogP contribution is -2.29. The van der Waals surface area contributed by atoms with Crippen molar-refractivity contribution in [2.45, 2.75) is 19.3 Å². The summed E-state index contributed by atoms with van der Waals surface area (Å²) in [5.41, 5.74) is 4.40. The Bertz CT molecular complexity index is 959. The molecule has 1 aromatic heterocycles. The fourth-order valence-electron chi connectivity index (χ4n) is 3.46. The molecule has 0 aliphatic carbocycles. The van der Waals surface area contributed by atoms with Gasteiger partial charge < -0.3 is 10.6 Å². The van der Waals surface area contributed by atoms with E-state index in [1.54, 1.807) is 0 Å². The van der Waals surface area contributed by atoms with Gasteiger partial charge in [-0.2, -0.15) is 0 Å². The molecule has 5 heteroatoms. The average molecular weight is 360 g/mol. The molecule has 0 saturated heterocycles. The van der Waals surface area contributed by atoms with Gasteiger partial charge in [0.15, 0.2) is 0 Å². The van der Waals surface area contributed by atoms with Crippen LogP contribution in [0.3, 0.4) is 0 Å². The van der Waals surface area contributed by atoms with Crippen LogP contribution in [0, 0.1) is 0 Å². The molecule has 1 aliphatic heterocycles. The molecule has 2 N–H and O–H groups in total. The number of rotatable bonds is 6. The number of benzene rings is 2. The van der Waals surface area contributed by atoms with Crippen molar-refractivity contribution in [1.82, 2.24) is 20.2 Å². The first-order valence-electron chi connectivity index (χ1n) is 9.48. The Hall–Kier alpha value is -2.92. The van der Waals surface area contributed by atoms with Crippen LogP contribution in [-0.2, 0) is 11.2 Å². The Morgan fingerprint density at radius 2 is 1.93 bits per heavy atom. The van der Waals surface area contributed by atoms with Crippen molar-refractivity contribution < 1.29 is 4.79 Å². The molecule has 3 aromatic rings. The Labute approximate surface area is 159 Å². The summed E-state index contributed by atoms with van der Waals surface area (Å²) < 4.78 is 2.15. The van der Waals surface area contributed by atoms with Gasteiger partial charge in [-0.1, -0.05) is 42.0 Å². The number of amides is 1. The van der Waals surface area contributed by atoms with Gasteiger partial charge in [0.25, 0.3) is 0 Å². The van der Waals surface area contributed by atoms with E-state index in [1.807, 2.05) is 36.4 Å². The van der Waals surface area contributed by atoms with E-state index in [0.29, 0.717) is 19.4 Å². The first-order valence-corrected chi connectivity index (χ1v) is 9.48. The lowest BCUT2D eigenvalue weighted by molar-refractivity contribution is -0.120. The Morgan fingerprint density at radius 1 is 1.11 bits per heavy atom. The molecule has 2 aromatic carbocycles. The fourth-order valence-corrected chi connectivity index (χ4v) is 3.46. The minimum absolute atomic E-state index is 0.0705. The number of fused-ring (bicyclic) bond motifs is 1. The number of para-hydroxylation sites is 3. The van der Waals surface area contributed by atoms with E-state index in [4.69, 9.17) is 4.98 Å². The van der Waals surface area contributed by atoms with Crippen LogP contribution in [0.4, 0.5) is 0 Å². The molecule has 2 heterocycles. The van der Waals surface area contributed by atoms with E-state index in [2.05, 4.69) is 39.5 Å². The zero-order valence-electron chi connectivity index (χ0n) is 15.3. The molecule has 0 saturated carbocycles. The maximum Gasteiger partial charge on any atom is 0.220 e. The van der Waals surface area contributed by atoms with Crippen molar-refractivity contribution in [1.29, 1.82) is 0 Å². The second-order valence-electron chi connectivity index (χ2n) is 6.78. The van der Waals surface area contributed by atoms with Crippen molar-refractivity contribution in [3.05, 3.63) is 72.1 Å². The third kappa shape index (κ3) is 4.09. The predicted octanol–water partition coefficient (Wildman–Crippen LogP) is 2.99. The lowest BCUT2D eigenvalue weighted by Gasteiger charge is -2.14. The quantitative estimate of drug-likeness (QED) is 0.665. The van der Waals surface area contributed by atoms with E-state index in [9.17, 15) is 4.79 Å². The van der Waals surface area contributed by atoms with Crippen LogP contribution in [0.2, 0.25) is 0 Å². The monoisotopic (exact) mass is 360 g/mol. The molecule has 5 nitrogen and oxygen atoms in total. The van der Waals surface area contributed by atoms with E-state index in [-0.39, 0.29) is 5.91 Å². The van der Waals surface area contributed by atoms with Crippen molar-refractivity contribution in [3.63, 3.8) is 0 Å². The smallest absolute Gasteiger partial charge is 0.220 e. The molecule has 0 radical (unpaired) electrons.